The van der Waals surface area contributed by atoms with Gasteiger partial charge in [0.15, 0.2) is 0 Å². The average Bonchev–Trinajstić information content (AvgIpc) is 2.40. The predicted octanol–water partition coefficient (Wildman–Crippen LogP) is 2.27. The molecule has 0 bridgehead atoms. The van der Waals surface area contributed by atoms with Gasteiger partial charge in [-0.1, -0.05) is 23.7 Å². The van der Waals surface area contributed by atoms with E-state index in [-0.39, 0.29) is 5.91 Å². The van der Waals surface area contributed by atoms with Crippen LogP contribution in [0, 0.1) is 0 Å². The zero-order chi connectivity index (χ0) is 15.0. The third-order valence-corrected chi connectivity index (χ3v) is 3.19. The lowest BCUT2D eigenvalue weighted by molar-refractivity contribution is -0.132. The Hall–Kier alpha value is -1.10. The summed E-state index contributed by atoms with van der Waals surface area (Å²) in [5.74, 6) is 0.105. The molecule has 4 nitrogen and oxygen atoms in total. The van der Waals surface area contributed by atoms with Crippen molar-refractivity contribution in [3.63, 3.8) is 0 Å². The van der Waals surface area contributed by atoms with E-state index in [4.69, 9.17) is 16.3 Å². The second kappa shape index (κ2) is 8.95. The third kappa shape index (κ3) is 6.37. The van der Waals surface area contributed by atoms with E-state index in [1.807, 2.05) is 43.3 Å². The van der Waals surface area contributed by atoms with Gasteiger partial charge in [-0.15, -0.1) is 0 Å². The summed E-state index contributed by atoms with van der Waals surface area (Å²) < 4.78 is 4.98. The van der Waals surface area contributed by atoms with E-state index in [0.717, 1.165) is 12.1 Å². The van der Waals surface area contributed by atoms with Gasteiger partial charge in [0.1, 0.15) is 0 Å². The molecule has 0 fully saturated rings. The van der Waals surface area contributed by atoms with E-state index >= 15 is 0 Å². The Bertz CT molecular complexity index is 424. The number of hydrogen-bond donors (Lipinski definition) is 0. The molecule has 1 aromatic carbocycles. The number of carbonyl (C=O) groups excluding carboxylic acids is 1. The number of benzene rings is 1. The van der Waals surface area contributed by atoms with Crippen LogP contribution in [0.5, 0.6) is 0 Å². The fourth-order valence-corrected chi connectivity index (χ4v) is 2.03. The summed E-state index contributed by atoms with van der Waals surface area (Å²) in [6, 6.07) is 7.62. The molecule has 0 atom stereocenters. The second-order valence-corrected chi connectivity index (χ2v) is 5.43. The minimum Gasteiger partial charge on any atom is -0.384 e. The number of hydrogen-bond acceptors (Lipinski definition) is 3. The zero-order valence-electron chi connectivity index (χ0n) is 12.4. The Morgan fingerprint density at radius 3 is 2.65 bits per heavy atom. The summed E-state index contributed by atoms with van der Waals surface area (Å²) in [4.78, 5) is 16.1. The maximum absolute atomic E-state index is 12.2. The van der Waals surface area contributed by atoms with Crippen molar-refractivity contribution < 1.29 is 9.53 Å². The van der Waals surface area contributed by atoms with Gasteiger partial charge in [-0.2, -0.15) is 0 Å². The van der Waals surface area contributed by atoms with Crippen LogP contribution in [0.1, 0.15) is 12.0 Å². The van der Waals surface area contributed by atoms with Gasteiger partial charge in [0.2, 0.25) is 5.91 Å². The molecule has 1 amide bonds. The van der Waals surface area contributed by atoms with Crippen molar-refractivity contribution in [2.24, 2.45) is 0 Å². The molecule has 0 aliphatic carbocycles. The summed E-state index contributed by atoms with van der Waals surface area (Å²) in [5.41, 5.74) is 1.04. The largest absolute Gasteiger partial charge is 0.384 e. The average molecular weight is 299 g/mol. The van der Waals surface area contributed by atoms with Gasteiger partial charge in [-0.05, 0) is 31.8 Å². The molecule has 0 aliphatic rings. The van der Waals surface area contributed by atoms with Crippen LogP contribution >= 0.6 is 11.6 Å². The Labute approximate surface area is 126 Å². The first-order valence-corrected chi connectivity index (χ1v) is 7.06. The normalized spacial score (nSPS) is 10.8. The quantitative estimate of drug-likeness (QED) is 0.738. The lowest BCUT2D eigenvalue weighted by atomic mass is 10.2. The Balaban J connectivity index is 2.68. The summed E-state index contributed by atoms with van der Waals surface area (Å²) in [7, 11) is 5.60. The first-order valence-electron chi connectivity index (χ1n) is 6.69. The van der Waals surface area contributed by atoms with E-state index in [1.54, 1.807) is 7.11 Å². The Kier molecular flexibility index (Phi) is 7.59. The van der Waals surface area contributed by atoms with Gasteiger partial charge in [-0.25, -0.2) is 0 Å². The number of carbonyl (C=O) groups is 1. The van der Waals surface area contributed by atoms with E-state index in [0.29, 0.717) is 31.1 Å². The highest BCUT2D eigenvalue weighted by Crippen LogP contribution is 2.13. The smallest absolute Gasteiger partial charge is 0.225 e. The molecule has 0 spiro atoms. The summed E-state index contributed by atoms with van der Waals surface area (Å²) in [6.45, 7) is 2.56. The lowest BCUT2D eigenvalue weighted by Crippen LogP contribution is -2.36. The molecule has 20 heavy (non-hydrogen) atoms. The maximum atomic E-state index is 12.2. The fourth-order valence-electron chi connectivity index (χ4n) is 1.82. The van der Waals surface area contributed by atoms with Crippen molar-refractivity contribution in [3.05, 3.63) is 34.9 Å². The molecular weight excluding hydrogens is 276 g/mol. The molecule has 0 aliphatic heterocycles. The van der Waals surface area contributed by atoms with Crippen molar-refractivity contribution in [3.8, 4) is 0 Å². The van der Waals surface area contributed by atoms with Crippen molar-refractivity contribution in [1.29, 1.82) is 0 Å². The van der Waals surface area contributed by atoms with Gasteiger partial charge in [0.05, 0.1) is 13.0 Å². The predicted molar refractivity (Wildman–Crippen MR) is 81.9 cm³/mol. The molecule has 1 rings (SSSR count). The summed E-state index contributed by atoms with van der Waals surface area (Å²) in [6.07, 6.45) is 0.407. The zero-order valence-corrected chi connectivity index (χ0v) is 13.2. The monoisotopic (exact) mass is 298 g/mol. The lowest BCUT2D eigenvalue weighted by Gasteiger charge is -2.24. The van der Waals surface area contributed by atoms with Gasteiger partial charge < -0.3 is 14.5 Å². The summed E-state index contributed by atoms with van der Waals surface area (Å²) in [5, 5.41) is 0.694. The van der Waals surface area contributed by atoms with Crippen molar-refractivity contribution >= 4 is 17.5 Å². The molecule has 0 saturated carbocycles. The van der Waals surface area contributed by atoms with Crippen LogP contribution in [-0.2, 0) is 16.1 Å². The van der Waals surface area contributed by atoms with E-state index < -0.39 is 0 Å². The van der Waals surface area contributed by atoms with E-state index in [2.05, 4.69) is 4.90 Å². The number of halogens is 1. The van der Waals surface area contributed by atoms with Gasteiger partial charge in [-0.3, -0.25) is 4.79 Å². The maximum Gasteiger partial charge on any atom is 0.225 e. The molecule has 0 heterocycles. The van der Waals surface area contributed by atoms with Crippen LogP contribution in [0.25, 0.3) is 0 Å². The number of amides is 1. The van der Waals surface area contributed by atoms with Crippen molar-refractivity contribution in [2.45, 2.75) is 13.0 Å². The van der Waals surface area contributed by atoms with Crippen molar-refractivity contribution in [1.82, 2.24) is 9.80 Å². The minimum atomic E-state index is 0.105. The second-order valence-electron chi connectivity index (χ2n) is 4.99. The highest BCUT2D eigenvalue weighted by Gasteiger charge is 2.14. The van der Waals surface area contributed by atoms with E-state index in [1.165, 1.54) is 0 Å². The van der Waals surface area contributed by atoms with Crippen LogP contribution < -0.4 is 0 Å². The molecule has 1 aromatic rings. The summed E-state index contributed by atoms with van der Waals surface area (Å²) >= 11 is 5.99. The van der Waals surface area contributed by atoms with Gasteiger partial charge in [0, 0.05) is 31.8 Å². The SMILES string of the molecule is COCCC(=O)N(CCN(C)C)Cc1cccc(Cl)c1. The number of methoxy groups -OCH3 is 1. The number of nitrogens with zero attached hydrogens (tertiary/aromatic N) is 2. The van der Waals surface area contributed by atoms with Gasteiger partial charge in [0.25, 0.3) is 0 Å². The molecular formula is C15H23ClN2O2. The topological polar surface area (TPSA) is 32.8 Å². The molecule has 112 valence electrons. The number of ether oxygens (including phenoxy) is 1. The first kappa shape index (κ1) is 17.0. The fraction of sp³-hybridized carbons (Fsp3) is 0.533. The van der Waals surface area contributed by atoms with Crippen LogP contribution in [0.4, 0.5) is 0 Å². The molecule has 0 aromatic heterocycles. The first-order chi connectivity index (χ1) is 9.52. The van der Waals surface area contributed by atoms with Gasteiger partial charge >= 0.3 is 0 Å². The molecule has 0 radical (unpaired) electrons. The Morgan fingerprint density at radius 2 is 2.05 bits per heavy atom. The standard InChI is InChI=1S/C15H23ClN2O2/c1-17(2)8-9-18(15(19)7-10-20-3)12-13-5-4-6-14(16)11-13/h4-6,11H,7-10,12H2,1-3H3. The molecule has 0 saturated heterocycles. The Morgan fingerprint density at radius 1 is 1.30 bits per heavy atom. The van der Waals surface area contributed by atoms with Crippen LogP contribution in [-0.4, -0.2) is 56.6 Å². The van der Waals surface area contributed by atoms with Crippen LogP contribution in [0.2, 0.25) is 5.02 Å². The number of rotatable bonds is 8. The highest BCUT2D eigenvalue weighted by atomic mass is 35.5. The number of likely N-dealkylation sites (N-methyl/N-ethyl adjacent to an activating group) is 1. The van der Waals surface area contributed by atoms with Crippen LogP contribution in [0.15, 0.2) is 24.3 Å². The van der Waals surface area contributed by atoms with E-state index in [9.17, 15) is 4.79 Å². The highest BCUT2D eigenvalue weighted by molar-refractivity contribution is 6.30. The molecule has 0 unspecified atom stereocenters. The van der Waals surface area contributed by atoms with Crippen LogP contribution in [0.3, 0.4) is 0 Å². The third-order valence-electron chi connectivity index (χ3n) is 2.95. The molecule has 5 heteroatoms. The molecule has 0 N–H and O–H groups in total. The van der Waals surface area contributed by atoms with Crippen molar-refractivity contribution in [2.75, 3.05) is 40.9 Å². The minimum absolute atomic E-state index is 0.105.